The zero-order valence-electron chi connectivity index (χ0n) is 15.1. The molecule has 0 aliphatic carbocycles. The van der Waals surface area contributed by atoms with Crippen LogP contribution in [-0.4, -0.2) is 42.5 Å². The predicted octanol–water partition coefficient (Wildman–Crippen LogP) is 2.71. The van der Waals surface area contributed by atoms with Gasteiger partial charge in [-0.05, 0) is 31.0 Å². The molecule has 2 aromatic rings. The molecule has 0 spiro atoms. The lowest BCUT2D eigenvalue weighted by atomic mass is 10.1. The maximum Gasteiger partial charge on any atom is 0.251 e. The number of nitrogens with one attached hydrogen (secondary N) is 1. The van der Waals surface area contributed by atoms with Crippen LogP contribution in [0.5, 0.6) is 0 Å². The normalized spacial score (nSPS) is 19.8. The highest BCUT2D eigenvalue weighted by atomic mass is 16.5. The van der Waals surface area contributed by atoms with Crippen LogP contribution in [-0.2, 0) is 9.53 Å². The molecule has 1 aliphatic rings. The number of carbonyl (C=O) groups excluding carboxylic acids is 2. The molecule has 1 saturated heterocycles. The van der Waals surface area contributed by atoms with Gasteiger partial charge in [-0.25, -0.2) is 0 Å². The second-order valence-electron chi connectivity index (χ2n) is 6.64. The maximum atomic E-state index is 12.6. The van der Waals surface area contributed by atoms with E-state index in [1.165, 1.54) is 0 Å². The molecular formula is C21H24N2O3. The van der Waals surface area contributed by atoms with Gasteiger partial charge in [0.25, 0.3) is 5.91 Å². The number of morpholine rings is 1. The molecule has 136 valence electrons. The fourth-order valence-electron chi connectivity index (χ4n) is 3.20. The zero-order chi connectivity index (χ0) is 18.5. The number of amides is 2. The van der Waals surface area contributed by atoms with Crippen molar-refractivity contribution in [3.63, 3.8) is 0 Å². The van der Waals surface area contributed by atoms with Crippen LogP contribution in [0.15, 0.2) is 54.6 Å². The Morgan fingerprint density at radius 2 is 1.77 bits per heavy atom. The minimum Gasteiger partial charge on any atom is -0.367 e. The summed E-state index contributed by atoms with van der Waals surface area (Å²) >= 11 is 0. The number of carbonyl (C=O) groups is 2. The number of benzene rings is 2. The molecule has 5 heteroatoms. The van der Waals surface area contributed by atoms with Gasteiger partial charge in [-0.3, -0.25) is 9.59 Å². The lowest BCUT2D eigenvalue weighted by molar-refractivity contribution is -0.143. The first-order valence-corrected chi connectivity index (χ1v) is 8.86. The Bertz CT molecular complexity index is 776. The molecule has 1 aliphatic heterocycles. The number of aryl methyl sites for hydroxylation is 1. The van der Waals surface area contributed by atoms with Gasteiger partial charge in [0.1, 0.15) is 6.10 Å². The van der Waals surface area contributed by atoms with Crippen molar-refractivity contribution in [2.45, 2.75) is 26.1 Å². The van der Waals surface area contributed by atoms with Crippen molar-refractivity contribution in [2.24, 2.45) is 0 Å². The highest BCUT2D eigenvalue weighted by molar-refractivity contribution is 5.97. The Hall–Kier alpha value is -2.66. The highest BCUT2D eigenvalue weighted by Crippen LogP contribution is 2.25. The van der Waals surface area contributed by atoms with Crippen LogP contribution in [0.2, 0.25) is 0 Å². The Kier molecular flexibility index (Phi) is 5.68. The Morgan fingerprint density at radius 1 is 1.08 bits per heavy atom. The van der Waals surface area contributed by atoms with Crippen LogP contribution < -0.4 is 5.32 Å². The van der Waals surface area contributed by atoms with E-state index in [0.29, 0.717) is 18.7 Å². The van der Waals surface area contributed by atoms with Crippen LogP contribution >= 0.6 is 0 Å². The van der Waals surface area contributed by atoms with Gasteiger partial charge in [0.05, 0.1) is 19.2 Å². The lowest BCUT2D eigenvalue weighted by Gasteiger charge is -2.37. The van der Waals surface area contributed by atoms with E-state index in [1.807, 2.05) is 62.4 Å². The molecule has 2 aromatic carbocycles. The maximum absolute atomic E-state index is 12.6. The van der Waals surface area contributed by atoms with Crippen molar-refractivity contribution in [3.8, 4) is 0 Å². The van der Waals surface area contributed by atoms with E-state index in [2.05, 4.69) is 5.32 Å². The largest absolute Gasteiger partial charge is 0.367 e. The zero-order valence-corrected chi connectivity index (χ0v) is 15.1. The molecule has 3 rings (SSSR count). The second-order valence-corrected chi connectivity index (χ2v) is 6.64. The molecule has 0 radical (unpaired) electrons. The van der Waals surface area contributed by atoms with E-state index in [0.717, 1.165) is 11.1 Å². The summed E-state index contributed by atoms with van der Waals surface area (Å²) in [6.07, 6.45) is -0.194. The van der Waals surface area contributed by atoms with Crippen molar-refractivity contribution in [1.82, 2.24) is 10.2 Å². The minimum atomic E-state index is -0.225. The minimum absolute atomic E-state index is 0.0125. The Balaban J connectivity index is 1.60. The highest BCUT2D eigenvalue weighted by Gasteiger charge is 2.29. The first-order chi connectivity index (χ1) is 12.5. The SMILES string of the molecule is Cc1ccccc1C(=O)NCC(=O)N1CC(C)OC(c2ccccc2)C1. The van der Waals surface area contributed by atoms with Gasteiger partial charge in [-0.2, -0.15) is 0 Å². The van der Waals surface area contributed by atoms with E-state index in [-0.39, 0.29) is 30.6 Å². The van der Waals surface area contributed by atoms with Gasteiger partial charge in [0.2, 0.25) is 5.91 Å². The summed E-state index contributed by atoms with van der Waals surface area (Å²) in [6, 6.07) is 17.2. The third kappa shape index (κ3) is 4.29. The predicted molar refractivity (Wildman–Crippen MR) is 99.8 cm³/mol. The van der Waals surface area contributed by atoms with Crippen LogP contribution in [0.4, 0.5) is 0 Å². The quantitative estimate of drug-likeness (QED) is 0.920. The fourth-order valence-corrected chi connectivity index (χ4v) is 3.20. The van der Waals surface area contributed by atoms with Gasteiger partial charge in [0.15, 0.2) is 0 Å². The summed E-state index contributed by atoms with van der Waals surface area (Å²) in [5.74, 6) is -0.319. The first-order valence-electron chi connectivity index (χ1n) is 8.86. The molecule has 1 N–H and O–H groups in total. The van der Waals surface area contributed by atoms with E-state index < -0.39 is 0 Å². The molecule has 0 saturated carbocycles. The van der Waals surface area contributed by atoms with Crippen LogP contribution in [0, 0.1) is 6.92 Å². The molecule has 0 aromatic heterocycles. The summed E-state index contributed by atoms with van der Waals surface area (Å²) in [5.41, 5.74) is 2.54. The number of ether oxygens (including phenoxy) is 1. The van der Waals surface area contributed by atoms with Gasteiger partial charge in [-0.1, -0.05) is 48.5 Å². The first kappa shape index (κ1) is 18.1. The van der Waals surface area contributed by atoms with Crippen LogP contribution in [0.25, 0.3) is 0 Å². The van der Waals surface area contributed by atoms with Gasteiger partial charge < -0.3 is 15.0 Å². The summed E-state index contributed by atoms with van der Waals surface area (Å²) in [7, 11) is 0. The summed E-state index contributed by atoms with van der Waals surface area (Å²) in [4.78, 5) is 26.7. The molecule has 5 nitrogen and oxygen atoms in total. The summed E-state index contributed by atoms with van der Waals surface area (Å²) in [6.45, 7) is 4.85. The average Bonchev–Trinajstić information content (AvgIpc) is 2.66. The Labute approximate surface area is 154 Å². The molecule has 26 heavy (non-hydrogen) atoms. The van der Waals surface area contributed by atoms with E-state index in [4.69, 9.17) is 4.74 Å². The van der Waals surface area contributed by atoms with Crippen molar-refractivity contribution >= 4 is 11.8 Å². The van der Waals surface area contributed by atoms with Crippen LogP contribution in [0.1, 0.15) is 34.5 Å². The summed E-state index contributed by atoms with van der Waals surface area (Å²) < 4.78 is 5.98. The topological polar surface area (TPSA) is 58.6 Å². The smallest absolute Gasteiger partial charge is 0.251 e. The molecular weight excluding hydrogens is 328 g/mol. The monoisotopic (exact) mass is 352 g/mol. The number of hydrogen-bond donors (Lipinski definition) is 1. The van der Waals surface area contributed by atoms with Crippen molar-refractivity contribution in [2.75, 3.05) is 19.6 Å². The van der Waals surface area contributed by atoms with Gasteiger partial charge >= 0.3 is 0 Å². The number of nitrogens with zero attached hydrogens (tertiary/aromatic N) is 1. The molecule has 2 atom stereocenters. The molecule has 0 bridgehead atoms. The lowest BCUT2D eigenvalue weighted by Crippen LogP contribution is -2.49. The second kappa shape index (κ2) is 8.15. The van der Waals surface area contributed by atoms with Crippen molar-refractivity contribution < 1.29 is 14.3 Å². The Morgan fingerprint density at radius 3 is 2.50 bits per heavy atom. The van der Waals surface area contributed by atoms with Crippen molar-refractivity contribution in [3.05, 3.63) is 71.3 Å². The standard InChI is InChI=1S/C21H24N2O3/c1-15-8-6-7-11-18(15)21(25)22-12-20(24)23-13-16(2)26-19(14-23)17-9-4-3-5-10-17/h3-11,16,19H,12-14H2,1-2H3,(H,22,25). The van der Waals surface area contributed by atoms with Crippen molar-refractivity contribution in [1.29, 1.82) is 0 Å². The number of hydrogen-bond acceptors (Lipinski definition) is 3. The third-order valence-corrected chi connectivity index (χ3v) is 4.57. The number of rotatable bonds is 4. The van der Waals surface area contributed by atoms with Crippen LogP contribution in [0.3, 0.4) is 0 Å². The molecule has 2 unspecified atom stereocenters. The summed E-state index contributed by atoms with van der Waals surface area (Å²) in [5, 5.41) is 2.74. The van der Waals surface area contributed by atoms with Gasteiger partial charge in [-0.15, -0.1) is 0 Å². The van der Waals surface area contributed by atoms with E-state index >= 15 is 0 Å². The third-order valence-electron chi connectivity index (χ3n) is 4.57. The van der Waals surface area contributed by atoms with E-state index in [1.54, 1.807) is 11.0 Å². The molecule has 2 amide bonds. The molecule has 1 heterocycles. The molecule has 1 fully saturated rings. The average molecular weight is 352 g/mol. The van der Waals surface area contributed by atoms with E-state index in [9.17, 15) is 9.59 Å². The van der Waals surface area contributed by atoms with Gasteiger partial charge in [0, 0.05) is 12.1 Å². The fraction of sp³-hybridized carbons (Fsp3) is 0.333.